The van der Waals surface area contributed by atoms with Crippen molar-refractivity contribution >= 4 is 59.7 Å². The highest BCUT2D eigenvalue weighted by atomic mass is 35.5. The molecule has 0 saturated carbocycles. The third-order valence-electron chi connectivity index (χ3n) is 6.12. The summed E-state index contributed by atoms with van der Waals surface area (Å²) < 4.78 is 1.70. The predicted molar refractivity (Wildman–Crippen MR) is 142 cm³/mol. The minimum Gasteiger partial charge on any atom is -0.370 e. The van der Waals surface area contributed by atoms with Crippen LogP contribution in [-0.2, 0) is 0 Å². The summed E-state index contributed by atoms with van der Waals surface area (Å²) in [6, 6.07) is 16.5. The molecule has 1 aliphatic heterocycles. The van der Waals surface area contributed by atoms with Gasteiger partial charge in [-0.25, -0.2) is 9.78 Å². The second-order valence-corrected chi connectivity index (χ2v) is 9.46. The van der Waals surface area contributed by atoms with Gasteiger partial charge >= 0.3 is 6.03 Å². The number of fused-ring (bicyclic) bond motifs is 1. The summed E-state index contributed by atoms with van der Waals surface area (Å²) in [5.41, 5.74) is 3.32. The van der Waals surface area contributed by atoms with Gasteiger partial charge in [-0.05, 0) is 54.6 Å². The van der Waals surface area contributed by atoms with Crippen LogP contribution in [0.25, 0.3) is 16.9 Å². The van der Waals surface area contributed by atoms with E-state index in [9.17, 15) is 4.79 Å². The number of piperidine rings is 1. The molecule has 1 fully saturated rings. The lowest BCUT2D eigenvalue weighted by molar-refractivity contribution is 0.180. The van der Waals surface area contributed by atoms with Crippen LogP contribution in [0.5, 0.6) is 0 Å². The van der Waals surface area contributed by atoms with E-state index in [0.717, 1.165) is 36.5 Å². The average molecular weight is 505 g/mol. The zero-order chi connectivity index (χ0) is 24.4. The Morgan fingerprint density at radius 2 is 1.94 bits per heavy atom. The summed E-state index contributed by atoms with van der Waals surface area (Å²) >= 11 is 12.4. The molecule has 0 bridgehead atoms. The van der Waals surface area contributed by atoms with Gasteiger partial charge in [0.1, 0.15) is 13.7 Å². The van der Waals surface area contributed by atoms with E-state index in [2.05, 4.69) is 20.7 Å². The molecule has 2 aromatic heterocycles. The van der Waals surface area contributed by atoms with Crippen molar-refractivity contribution in [3.8, 4) is 11.3 Å². The number of likely N-dealkylation sites (tertiary alicyclic amines) is 1. The molecule has 0 spiro atoms. The van der Waals surface area contributed by atoms with Crippen LogP contribution in [0.4, 0.5) is 16.3 Å². The summed E-state index contributed by atoms with van der Waals surface area (Å²) in [7, 11) is 6.13. The number of carbonyl (C=O) groups is 1. The maximum absolute atomic E-state index is 12.8. The summed E-state index contributed by atoms with van der Waals surface area (Å²) in [4.78, 5) is 19.3. The van der Waals surface area contributed by atoms with Gasteiger partial charge in [0.15, 0.2) is 5.65 Å². The van der Waals surface area contributed by atoms with Gasteiger partial charge in [0.25, 0.3) is 0 Å². The van der Waals surface area contributed by atoms with Crippen molar-refractivity contribution in [3.05, 3.63) is 70.8 Å². The first-order chi connectivity index (χ1) is 17.0. The summed E-state index contributed by atoms with van der Waals surface area (Å²) in [5, 5.41) is 12.1. The number of hydrogen-bond acceptors (Lipinski definition) is 4. The molecule has 10 heteroatoms. The van der Waals surface area contributed by atoms with Gasteiger partial charge < -0.3 is 15.5 Å². The van der Waals surface area contributed by atoms with Gasteiger partial charge in [0, 0.05) is 53.2 Å². The molecular weight excluding hydrogens is 482 g/mol. The molecule has 2 amide bonds. The Morgan fingerprint density at radius 3 is 2.74 bits per heavy atom. The van der Waals surface area contributed by atoms with E-state index in [1.807, 2.05) is 35.2 Å². The van der Waals surface area contributed by atoms with Gasteiger partial charge in [0.2, 0.25) is 0 Å². The molecule has 176 valence electrons. The Balaban J connectivity index is 1.30. The predicted octanol–water partition coefficient (Wildman–Crippen LogP) is 4.85. The second-order valence-electron chi connectivity index (χ2n) is 8.61. The molecule has 1 unspecified atom stereocenters. The van der Waals surface area contributed by atoms with Crippen LogP contribution < -0.4 is 16.1 Å². The molecule has 1 aliphatic rings. The zero-order valence-corrected chi connectivity index (χ0v) is 20.4. The minimum atomic E-state index is -0.107. The summed E-state index contributed by atoms with van der Waals surface area (Å²) in [6.45, 7) is 2.05. The van der Waals surface area contributed by atoms with Gasteiger partial charge in [-0.1, -0.05) is 41.4 Å². The Labute approximate surface area is 214 Å². The number of rotatable bonds is 5. The van der Waals surface area contributed by atoms with Crippen LogP contribution in [0, 0.1) is 5.92 Å². The molecule has 2 aromatic carbocycles. The van der Waals surface area contributed by atoms with Crippen molar-refractivity contribution in [2.24, 2.45) is 5.92 Å². The first-order valence-corrected chi connectivity index (χ1v) is 12.2. The van der Waals surface area contributed by atoms with Crippen molar-refractivity contribution in [2.45, 2.75) is 12.8 Å². The van der Waals surface area contributed by atoms with E-state index in [1.165, 1.54) is 0 Å². The maximum Gasteiger partial charge on any atom is 0.321 e. The number of urea groups is 1. The Kier molecular flexibility index (Phi) is 6.84. The highest BCUT2D eigenvalue weighted by molar-refractivity contribution is 6.36. The van der Waals surface area contributed by atoms with Gasteiger partial charge in [-0.3, -0.25) is 0 Å². The maximum atomic E-state index is 12.8. The number of anilines is 2. The molecular formula is C25H23BCl2N6O. The fourth-order valence-corrected chi connectivity index (χ4v) is 4.67. The lowest BCUT2D eigenvalue weighted by atomic mass is 9.98. The minimum absolute atomic E-state index is 0.107. The standard InChI is InChI=1S/C25H23BCl2N6O/c26-20-14-30-34-23(12-22(32-24(20)34)19-5-1-2-6-21(19)28)29-13-16-4-3-11-33(15-16)25(35)31-18-9-7-17(27)8-10-18/h1-2,5-10,12,14,16,29H,3-4,11,13,15H2,(H,31,35). The summed E-state index contributed by atoms with van der Waals surface area (Å²) in [6.07, 6.45) is 3.55. The fraction of sp³-hybridized carbons (Fsp3) is 0.240. The Morgan fingerprint density at radius 1 is 1.14 bits per heavy atom. The first-order valence-electron chi connectivity index (χ1n) is 11.4. The number of benzene rings is 2. The van der Waals surface area contributed by atoms with Gasteiger partial charge in [-0.15, -0.1) is 0 Å². The largest absolute Gasteiger partial charge is 0.370 e. The molecule has 4 aromatic rings. The van der Waals surface area contributed by atoms with E-state index < -0.39 is 0 Å². The average Bonchev–Trinajstić information content (AvgIpc) is 3.25. The lowest BCUT2D eigenvalue weighted by Crippen LogP contribution is -2.44. The topological polar surface area (TPSA) is 74.6 Å². The van der Waals surface area contributed by atoms with E-state index in [0.29, 0.717) is 39.9 Å². The summed E-state index contributed by atoms with van der Waals surface area (Å²) in [5.74, 6) is 1.05. The molecule has 2 radical (unpaired) electrons. The number of carbonyl (C=O) groups excluding carboxylic acids is 1. The number of amides is 2. The van der Waals surface area contributed by atoms with Crippen LogP contribution in [0.3, 0.4) is 0 Å². The normalized spacial score (nSPS) is 15.8. The van der Waals surface area contributed by atoms with Crippen LogP contribution in [0.1, 0.15) is 12.8 Å². The van der Waals surface area contributed by atoms with Crippen LogP contribution in [0.2, 0.25) is 10.0 Å². The van der Waals surface area contributed by atoms with E-state index in [-0.39, 0.29) is 11.9 Å². The third kappa shape index (κ3) is 5.23. The Hall–Kier alpha value is -3.23. The van der Waals surface area contributed by atoms with Crippen LogP contribution in [-0.4, -0.2) is 53.0 Å². The van der Waals surface area contributed by atoms with Crippen LogP contribution in [0.15, 0.2) is 60.8 Å². The number of aromatic nitrogens is 3. The van der Waals surface area contributed by atoms with Gasteiger partial charge in [-0.2, -0.15) is 9.61 Å². The van der Waals surface area contributed by atoms with Gasteiger partial charge in [0.05, 0.1) is 5.69 Å². The van der Waals surface area contributed by atoms with E-state index >= 15 is 0 Å². The molecule has 3 heterocycles. The molecule has 35 heavy (non-hydrogen) atoms. The highest BCUT2D eigenvalue weighted by Gasteiger charge is 2.24. The first kappa shape index (κ1) is 23.5. The number of nitrogens with zero attached hydrogens (tertiary/aromatic N) is 4. The highest BCUT2D eigenvalue weighted by Crippen LogP contribution is 2.28. The van der Waals surface area contributed by atoms with Crippen molar-refractivity contribution in [2.75, 3.05) is 30.3 Å². The third-order valence-corrected chi connectivity index (χ3v) is 6.70. The molecule has 1 atom stereocenters. The molecule has 5 rings (SSSR count). The number of nitrogens with one attached hydrogen (secondary N) is 2. The van der Waals surface area contributed by atoms with Crippen molar-refractivity contribution in [3.63, 3.8) is 0 Å². The number of halogens is 2. The van der Waals surface area contributed by atoms with E-state index in [4.69, 9.17) is 31.0 Å². The quantitative estimate of drug-likeness (QED) is 0.381. The van der Waals surface area contributed by atoms with Crippen molar-refractivity contribution < 1.29 is 4.79 Å². The second kappa shape index (κ2) is 10.2. The van der Waals surface area contributed by atoms with E-state index in [1.54, 1.807) is 35.0 Å². The smallest absolute Gasteiger partial charge is 0.321 e. The van der Waals surface area contributed by atoms with Crippen LogP contribution >= 0.6 is 23.2 Å². The number of hydrogen-bond donors (Lipinski definition) is 2. The molecule has 7 nitrogen and oxygen atoms in total. The molecule has 1 saturated heterocycles. The molecule has 2 N–H and O–H groups in total. The fourth-order valence-electron chi connectivity index (χ4n) is 4.31. The zero-order valence-electron chi connectivity index (χ0n) is 18.9. The molecule has 0 aliphatic carbocycles. The monoisotopic (exact) mass is 504 g/mol. The van der Waals surface area contributed by atoms with Crippen molar-refractivity contribution in [1.29, 1.82) is 0 Å². The van der Waals surface area contributed by atoms with Crippen molar-refractivity contribution in [1.82, 2.24) is 19.5 Å². The Bertz CT molecular complexity index is 1360. The SMILES string of the molecule is [B]c1cnn2c(NCC3CCCN(C(=O)Nc4ccc(Cl)cc4)C3)cc(-c3ccccc3Cl)nc12. The lowest BCUT2D eigenvalue weighted by Gasteiger charge is -2.33.